The van der Waals surface area contributed by atoms with E-state index in [0.29, 0.717) is 17.1 Å². The van der Waals surface area contributed by atoms with Crippen molar-refractivity contribution in [1.82, 2.24) is 10.6 Å². The third-order valence-corrected chi connectivity index (χ3v) is 3.44. The summed E-state index contributed by atoms with van der Waals surface area (Å²) in [5.41, 5.74) is 5.80. The molecule has 2 atom stereocenters. The molecule has 0 fully saturated rings. The van der Waals surface area contributed by atoms with E-state index in [0.717, 1.165) is 6.42 Å². The van der Waals surface area contributed by atoms with Gasteiger partial charge in [-0.1, -0.05) is 30.7 Å². The van der Waals surface area contributed by atoms with Gasteiger partial charge in [-0.3, -0.25) is 9.59 Å². The zero-order chi connectivity index (χ0) is 18.1. The highest BCUT2D eigenvalue weighted by Crippen LogP contribution is 2.20. The van der Waals surface area contributed by atoms with Crippen molar-refractivity contribution in [2.75, 3.05) is 6.54 Å². The molecular formula is C16H22ClN3O4. The highest BCUT2D eigenvalue weighted by Gasteiger charge is 2.22. The number of primary amides is 1. The van der Waals surface area contributed by atoms with Crippen LogP contribution in [-0.2, 0) is 14.3 Å². The van der Waals surface area contributed by atoms with Gasteiger partial charge in [0.1, 0.15) is 0 Å². The molecule has 0 heterocycles. The molecule has 0 saturated carbocycles. The Balaban J connectivity index is 2.69. The summed E-state index contributed by atoms with van der Waals surface area (Å²) in [5.74, 6) is -0.987. The summed E-state index contributed by atoms with van der Waals surface area (Å²) >= 11 is 5.83. The van der Waals surface area contributed by atoms with Crippen LogP contribution in [0.3, 0.4) is 0 Å². The van der Waals surface area contributed by atoms with E-state index >= 15 is 0 Å². The first kappa shape index (κ1) is 19.8. The van der Waals surface area contributed by atoms with Crippen LogP contribution in [-0.4, -0.2) is 30.6 Å². The molecule has 3 amide bonds. The van der Waals surface area contributed by atoms with E-state index < -0.39 is 24.1 Å². The van der Waals surface area contributed by atoms with Crippen molar-refractivity contribution in [3.63, 3.8) is 0 Å². The highest BCUT2D eigenvalue weighted by molar-refractivity contribution is 6.30. The van der Waals surface area contributed by atoms with Gasteiger partial charge in [0.15, 0.2) is 6.10 Å². The fourth-order valence-corrected chi connectivity index (χ4v) is 2.10. The van der Waals surface area contributed by atoms with Gasteiger partial charge in [0, 0.05) is 11.6 Å². The van der Waals surface area contributed by atoms with E-state index in [4.69, 9.17) is 22.1 Å². The van der Waals surface area contributed by atoms with Crippen LogP contribution in [0.1, 0.15) is 38.3 Å². The van der Waals surface area contributed by atoms with Crippen molar-refractivity contribution >= 4 is 29.5 Å². The number of nitrogens with two attached hydrogens (primary N) is 1. The summed E-state index contributed by atoms with van der Waals surface area (Å²) < 4.78 is 5.10. The van der Waals surface area contributed by atoms with Gasteiger partial charge >= 0.3 is 12.0 Å². The number of carbonyl (C=O) groups is 3. The Hall–Kier alpha value is -2.28. The minimum absolute atomic E-state index is 0.157. The van der Waals surface area contributed by atoms with Gasteiger partial charge in [0.05, 0.1) is 12.5 Å². The SMILES string of the molecule is CCCNC(=O)[C@H](C)OC(=O)C[C@@H](NC(N)=O)c1ccc(Cl)cc1. The smallest absolute Gasteiger partial charge is 0.312 e. The van der Waals surface area contributed by atoms with Crippen LogP contribution in [0.4, 0.5) is 4.79 Å². The number of hydrogen-bond donors (Lipinski definition) is 3. The van der Waals surface area contributed by atoms with E-state index in [2.05, 4.69) is 10.6 Å². The first-order valence-electron chi connectivity index (χ1n) is 7.62. The molecule has 24 heavy (non-hydrogen) atoms. The predicted octanol–water partition coefficient (Wildman–Crippen LogP) is 1.90. The number of carbonyl (C=O) groups excluding carboxylic acids is 3. The standard InChI is InChI=1S/C16H22ClN3O4/c1-3-8-19-15(22)10(2)24-14(21)9-13(20-16(18)23)11-4-6-12(17)7-5-11/h4-7,10,13H,3,8-9H2,1-2H3,(H,19,22)(H3,18,20,23)/t10-,13+/m0/s1. The van der Waals surface area contributed by atoms with Gasteiger partial charge in [-0.05, 0) is 31.0 Å². The Bertz CT molecular complexity index is 577. The first-order chi connectivity index (χ1) is 11.3. The average molecular weight is 356 g/mol. The maximum absolute atomic E-state index is 12.0. The Morgan fingerprint density at radius 1 is 1.25 bits per heavy atom. The van der Waals surface area contributed by atoms with Crippen molar-refractivity contribution in [2.24, 2.45) is 5.73 Å². The van der Waals surface area contributed by atoms with Crippen molar-refractivity contribution in [2.45, 2.75) is 38.8 Å². The Kier molecular flexibility index (Phi) is 8.05. The first-order valence-corrected chi connectivity index (χ1v) is 8.00. The van der Waals surface area contributed by atoms with Gasteiger partial charge in [-0.2, -0.15) is 0 Å². The van der Waals surface area contributed by atoms with E-state index in [9.17, 15) is 14.4 Å². The van der Waals surface area contributed by atoms with Crippen molar-refractivity contribution < 1.29 is 19.1 Å². The van der Waals surface area contributed by atoms with Crippen LogP contribution >= 0.6 is 11.6 Å². The van der Waals surface area contributed by atoms with Gasteiger partial charge in [0.2, 0.25) is 0 Å². The van der Waals surface area contributed by atoms with Crippen LogP contribution < -0.4 is 16.4 Å². The number of amides is 3. The fourth-order valence-electron chi connectivity index (χ4n) is 1.98. The number of urea groups is 1. The Morgan fingerprint density at radius 2 is 1.88 bits per heavy atom. The second kappa shape index (κ2) is 9.77. The van der Waals surface area contributed by atoms with Crippen molar-refractivity contribution in [1.29, 1.82) is 0 Å². The number of benzene rings is 1. The lowest BCUT2D eigenvalue weighted by Gasteiger charge is -2.19. The minimum Gasteiger partial charge on any atom is -0.452 e. The van der Waals surface area contributed by atoms with Crippen molar-refractivity contribution in [3.8, 4) is 0 Å². The minimum atomic E-state index is -0.913. The molecule has 0 aliphatic rings. The summed E-state index contributed by atoms with van der Waals surface area (Å²) in [7, 11) is 0. The lowest BCUT2D eigenvalue weighted by atomic mass is 10.0. The average Bonchev–Trinajstić information content (AvgIpc) is 2.52. The topological polar surface area (TPSA) is 111 Å². The van der Waals surface area contributed by atoms with E-state index in [1.165, 1.54) is 6.92 Å². The van der Waals surface area contributed by atoms with Gasteiger partial charge in [-0.25, -0.2) is 4.79 Å². The lowest BCUT2D eigenvalue weighted by molar-refractivity contribution is -0.155. The molecule has 0 aliphatic heterocycles. The van der Waals surface area contributed by atoms with Gasteiger partial charge in [0.25, 0.3) is 5.91 Å². The number of esters is 1. The van der Waals surface area contributed by atoms with Crippen LogP contribution in [0.5, 0.6) is 0 Å². The predicted molar refractivity (Wildman–Crippen MR) is 90.4 cm³/mol. The molecule has 132 valence electrons. The molecule has 8 heteroatoms. The quantitative estimate of drug-likeness (QED) is 0.618. The number of ether oxygens (including phenoxy) is 1. The van der Waals surface area contributed by atoms with Gasteiger partial charge in [-0.15, -0.1) is 0 Å². The number of nitrogens with one attached hydrogen (secondary N) is 2. The normalized spacial score (nSPS) is 12.8. The summed E-state index contributed by atoms with van der Waals surface area (Å²) in [6, 6.07) is 5.19. The second-order valence-electron chi connectivity index (χ2n) is 5.24. The number of halogens is 1. The van der Waals surface area contributed by atoms with E-state index in [1.807, 2.05) is 6.92 Å². The van der Waals surface area contributed by atoms with Crippen LogP contribution in [0.2, 0.25) is 5.02 Å². The zero-order valence-electron chi connectivity index (χ0n) is 13.7. The maximum atomic E-state index is 12.0. The molecule has 0 saturated heterocycles. The molecular weight excluding hydrogens is 334 g/mol. The zero-order valence-corrected chi connectivity index (χ0v) is 14.4. The van der Waals surface area contributed by atoms with Crippen LogP contribution in [0.25, 0.3) is 0 Å². The second-order valence-corrected chi connectivity index (χ2v) is 5.68. The third kappa shape index (κ3) is 6.87. The molecule has 0 aromatic heterocycles. The number of rotatable bonds is 8. The fraction of sp³-hybridized carbons (Fsp3) is 0.438. The van der Waals surface area contributed by atoms with Gasteiger partial charge < -0.3 is 21.1 Å². The van der Waals surface area contributed by atoms with Crippen LogP contribution in [0, 0.1) is 0 Å². The van der Waals surface area contributed by atoms with E-state index in [-0.39, 0.29) is 12.3 Å². The van der Waals surface area contributed by atoms with Crippen molar-refractivity contribution in [3.05, 3.63) is 34.9 Å². The highest BCUT2D eigenvalue weighted by atomic mass is 35.5. The van der Waals surface area contributed by atoms with Crippen LogP contribution in [0.15, 0.2) is 24.3 Å². The van der Waals surface area contributed by atoms with E-state index in [1.54, 1.807) is 24.3 Å². The molecule has 1 aromatic rings. The molecule has 0 radical (unpaired) electrons. The Morgan fingerprint density at radius 3 is 2.42 bits per heavy atom. The molecule has 7 nitrogen and oxygen atoms in total. The molecule has 4 N–H and O–H groups in total. The molecule has 0 unspecified atom stereocenters. The molecule has 0 bridgehead atoms. The number of hydrogen-bond acceptors (Lipinski definition) is 4. The third-order valence-electron chi connectivity index (χ3n) is 3.19. The molecule has 0 aliphatic carbocycles. The summed E-state index contributed by atoms with van der Waals surface area (Å²) in [6.07, 6.45) is -0.285. The monoisotopic (exact) mass is 355 g/mol. The summed E-state index contributed by atoms with van der Waals surface area (Å²) in [4.78, 5) is 34.9. The molecule has 0 spiro atoms. The maximum Gasteiger partial charge on any atom is 0.312 e. The molecule has 1 rings (SSSR count). The lowest BCUT2D eigenvalue weighted by Crippen LogP contribution is -2.38. The Labute approximate surface area is 145 Å². The summed E-state index contributed by atoms with van der Waals surface area (Å²) in [5, 5.41) is 5.65. The largest absolute Gasteiger partial charge is 0.452 e. The summed E-state index contributed by atoms with van der Waals surface area (Å²) in [6.45, 7) is 3.92. The molecule has 1 aromatic carbocycles.